The maximum absolute atomic E-state index is 12.3. The Balaban J connectivity index is 3.44. The first-order chi connectivity index (χ1) is 38.6. The average molecular weight is 1080 g/mol. The van der Waals surface area contributed by atoms with Crippen molar-refractivity contribution in [2.75, 3.05) is 13.2 Å². The van der Waals surface area contributed by atoms with Crippen molar-refractivity contribution in [2.24, 2.45) is 0 Å². The maximum Gasteiger partial charge on any atom is 0.306 e. The first-order valence-corrected chi connectivity index (χ1v) is 33.1. The topological polar surface area (TPSA) is 72.8 Å². The predicted octanol–water partition coefficient (Wildman–Crippen LogP) is 23.0. The molecule has 0 amide bonds. The van der Waals surface area contributed by atoms with Gasteiger partial charge < -0.3 is 14.6 Å². The summed E-state index contributed by atoms with van der Waals surface area (Å²) in [5, 5.41) is 9.67. The van der Waals surface area contributed by atoms with Gasteiger partial charge in [0, 0.05) is 12.8 Å². The molecule has 446 valence electrons. The number of aliphatic hydroxyl groups is 1. The standard InChI is InChI=1S/C73H124O5/c1-3-5-7-9-11-13-15-17-19-21-23-25-27-28-29-30-31-32-33-34-35-36-37-38-39-40-41-42-43-44-46-47-49-51-53-55-57-59-61-63-65-67-72(75)77-70-71(69-74)78-73(76)68-66-64-62-60-58-56-54-52-50-48-45-26-24-22-20-18-16-14-12-10-8-6-4-2/h5-8,11-14,17-20,23-26,48,50,54,56,71,74H,3-4,9-10,15-16,21-22,27-47,49,51-53,55,57-70H2,1-2H3/b7-5-,8-6-,13-11-,14-12-,19-17-,20-18-,25-23-,26-24-,50-48-,56-54-. The third-order valence-electron chi connectivity index (χ3n) is 14.3. The number of hydrogen-bond donors (Lipinski definition) is 1. The van der Waals surface area contributed by atoms with E-state index in [1.54, 1.807) is 0 Å². The van der Waals surface area contributed by atoms with Crippen LogP contribution in [0.15, 0.2) is 122 Å². The van der Waals surface area contributed by atoms with Crippen LogP contribution in [0.1, 0.15) is 309 Å². The highest BCUT2D eigenvalue weighted by atomic mass is 16.6. The van der Waals surface area contributed by atoms with Gasteiger partial charge in [-0.2, -0.15) is 0 Å². The summed E-state index contributed by atoms with van der Waals surface area (Å²) in [5.74, 6) is -0.614. The Morgan fingerprint density at radius 1 is 0.295 bits per heavy atom. The van der Waals surface area contributed by atoms with Gasteiger partial charge in [0.1, 0.15) is 6.61 Å². The summed E-state index contributed by atoms with van der Waals surface area (Å²) in [4.78, 5) is 24.6. The highest BCUT2D eigenvalue weighted by Crippen LogP contribution is 2.17. The summed E-state index contributed by atoms with van der Waals surface area (Å²) < 4.78 is 10.7. The van der Waals surface area contributed by atoms with E-state index in [1.807, 2.05) is 0 Å². The van der Waals surface area contributed by atoms with Crippen LogP contribution in [0, 0.1) is 0 Å². The van der Waals surface area contributed by atoms with Crippen molar-refractivity contribution < 1.29 is 24.2 Å². The zero-order chi connectivity index (χ0) is 56.2. The third-order valence-corrected chi connectivity index (χ3v) is 14.3. The molecular formula is C73H124O5. The normalized spacial score (nSPS) is 13.0. The zero-order valence-corrected chi connectivity index (χ0v) is 51.1. The fourth-order valence-electron chi connectivity index (χ4n) is 9.38. The number of esters is 2. The van der Waals surface area contributed by atoms with Crippen molar-refractivity contribution in [3.05, 3.63) is 122 Å². The van der Waals surface area contributed by atoms with Crippen molar-refractivity contribution in [3.8, 4) is 0 Å². The molecule has 1 atom stereocenters. The average Bonchev–Trinajstić information content (AvgIpc) is 3.44. The Kier molecular flexibility index (Phi) is 64.4. The highest BCUT2D eigenvalue weighted by Gasteiger charge is 2.16. The second-order valence-corrected chi connectivity index (χ2v) is 21.8. The lowest BCUT2D eigenvalue weighted by molar-refractivity contribution is -0.161. The molecule has 1 N–H and O–H groups in total. The van der Waals surface area contributed by atoms with Crippen LogP contribution >= 0.6 is 0 Å². The Morgan fingerprint density at radius 2 is 0.513 bits per heavy atom. The summed E-state index contributed by atoms with van der Waals surface area (Å²) in [6, 6.07) is 0. The Labute approximate surface area is 483 Å². The van der Waals surface area contributed by atoms with Crippen molar-refractivity contribution in [1.29, 1.82) is 0 Å². The monoisotopic (exact) mass is 1080 g/mol. The number of ether oxygens (including phenoxy) is 2. The van der Waals surface area contributed by atoms with E-state index in [4.69, 9.17) is 9.47 Å². The molecule has 0 heterocycles. The number of carbonyl (C=O) groups is 2. The predicted molar refractivity (Wildman–Crippen MR) is 343 cm³/mol. The van der Waals surface area contributed by atoms with Gasteiger partial charge in [-0.25, -0.2) is 0 Å². The molecule has 5 nitrogen and oxygen atoms in total. The molecular weight excluding hydrogens is 957 g/mol. The van der Waals surface area contributed by atoms with Crippen LogP contribution in [0.5, 0.6) is 0 Å². The van der Waals surface area contributed by atoms with Crippen LogP contribution in [-0.4, -0.2) is 36.4 Å². The molecule has 0 saturated heterocycles. The molecule has 0 spiro atoms. The van der Waals surface area contributed by atoms with Crippen molar-refractivity contribution in [2.45, 2.75) is 315 Å². The molecule has 1 unspecified atom stereocenters. The minimum atomic E-state index is -0.792. The molecule has 0 saturated carbocycles. The first kappa shape index (κ1) is 74.3. The van der Waals surface area contributed by atoms with Gasteiger partial charge in [-0.15, -0.1) is 0 Å². The lowest BCUT2D eigenvalue weighted by Gasteiger charge is -2.15. The van der Waals surface area contributed by atoms with Gasteiger partial charge >= 0.3 is 11.9 Å². The van der Waals surface area contributed by atoms with E-state index >= 15 is 0 Å². The van der Waals surface area contributed by atoms with Gasteiger partial charge in [0.2, 0.25) is 0 Å². The van der Waals surface area contributed by atoms with Crippen LogP contribution in [-0.2, 0) is 19.1 Å². The van der Waals surface area contributed by atoms with Crippen LogP contribution in [0.2, 0.25) is 0 Å². The van der Waals surface area contributed by atoms with E-state index in [0.717, 1.165) is 116 Å². The number of unbranched alkanes of at least 4 members (excludes halogenated alkanes) is 32. The molecule has 78 heavy (non-hydrogen) atoms. The molecule has 0 aromatic carbocycles. The quantitative estimate of drug-likeness (QED) is 0.0373. The van der Waals surface area contributed by atoms with E-state index < -0.39 is 6.10 Å². The molecule has 0 fully saturated rings. The van der Waals surface area contributed by atoms with Gasteiger partial charge in [-0.1, -0.05) is 315 Å². The number of allylic oxidation sites excluding steroid dienone is 20. The molecule has 0 rings (SSSR count). The fourth-order valence-corrected chi connectivity index (χ4v) is 9.38. The molecule has 5 heteroatoms. The van der Waals surface area contributed by atoms with Gasteiger partial charge in [-0.3, -0.25) is 9.59 Å². The third kappa shape index (κ3) is 64.8. The number of aliphatic hydroxyl groups excluding tert-OH is 1. The number of rotatable bonds is 60. The molecule has 0 aliphatic carbocycles. The largest absolute Gasteiger partial charge is 0.462 e. The minimum Gasteiger partial charge on any atom is -0.462 e. The van der Waals surface area contributed by atoms with Crippen molar-refractivity contribution in [1.82, 2.24) is 0 Å². The van der Waals surface area contributed by atoms with Gasteiger partial charge in [-0.05, 0) is 103 Å². The van der Waals surface area contributed by atoms with E-state index in [9.17, 15) is 14.7 Å². The van der Waals surface area contributed by atoms with Crippen LogP contribution in [0.4, 0.5) is 0 Å². The van der Waals surface area contributed by atoms with Crippen LogP contribution < -0.4 is 0 Å². The Hall–Kier alpha value is -3.70. The summed E-state index contributed by atoms with van der Waals surface area (Å²) in [5.41, 5.74) is 0. The molecule has 0 aromatic heterocycles. The molecule has 0 aromatic rings. The molecule has 0 aliphatic heterocycles. The SMILES string of the molecule is CC/C=C\C/C=C\C/C=C\C/C=C\C/C=C\C/C=C\CCCCCCC(=O)OC(CO)COC(=O)CCCCCCCCCCCCCCCCCCCCCCCCCCCCCC/C=C\C/C=C\C/C=C\C/C=C\CC. The van der Waals surface area contributed by atoms with Gasteiger partial charge in [0.15, 0.2) is 6.10 Å². The van der Waals surface area contributed by atoms with Crippen molar-refractivity contribution in [3.63, 3.8) is 0 Å². The molecule has 0 radical (unpaired) electrons. The van der Waals surface area contributed by atoms with Crippen LogP contribution in [0.25, 0.3) is 0 Å². The van der Waals surface area contributed by atoms with Gasteiger partial charge in [0.25, 0.3) is 0 Å². The zero-order valence-electron chi connectivity index (χ0n) is 51.1. The van der Waals surface area contributed by atoms with Crippen LogP contribution in [0.3, 0.4) is 0 Å². The van der Waals surface area contributed by atoms with Crippen molar-refractivity contribution >= 4 is 11.9 Å². The summed E-state index contributed by atoms with van der Waals surface area (Å²) >= 11 is 0. The second-order valence-electron chi connectivity index (χ2n) is 21.8. The second kappa shape index (κ2) is 67.6. The summed E-state index contributed by atoms with van der Waals surface area (Å²) in [6.07, 6.45) is 99.4. The van der Waals surface area contributed by atoms with E-state index in [2.05, 4.69) is 135 Å². The molecule has 0 bridgehead atoms. The van der Waals surface area contributed by atoms with E-state index in [-0.39, 0.29) is 25.2 Å². The van der Waals surface area contributed by atoms with E-state index in [0.29, 0.717) is 12.8 Å². The fraction of sp³-hybridized carbons (Fsp3) is 0.699. The minimum absolute atomic E-state index is 0.0793. The summed E-state index contributed by atoms with van der Waals surface area (Å²) in [6.45, 7) is 3.91. The highest BCUT2D eigenvalue weighted by molar-refractivity contribution is 5.70. The Bertz CT molecular complexity index is 1550. The lowest BCUT2D eigenvalue weighted by atomic mass is 10.0. The van der Waals surface area contributed by atoms with Gasteiger partial charge in [0.05, 0.1) is 6.61 Å². The molecule has 0 aliphatic rings. The maximum atomic E-state index is 12.3. The van der Waals surface area contributed by atoms with E-state index in [1.165, 1.54) is 167 Å². The smallest absolute Gasteiger partial charge is 0.306 e. The summed E-state index contributed by atoms with van der Waals surface area (Å²) in [7, 11) is 0. The number of carbonyl (C=O) groups excluding carboxylic acids is 2. The first-order valence-electron chi connectivity index (χ1n) is 33.1. The number of hydrogen-bond acceptors (Lipinski definition) is 5. The lowest BCUT2D eigenvalue weighted by Crippen LogP contribution is -2.28. The Morgan fingerprint density at radius 3 is 0.769 bits per heavy atom.